The maximum atomic E-state index is 6.47. The first-order chi connectivity index (χ1) is 65.3. The minimum Gasteiger partial charge on any atom is -0.458 e. The minimum absolute atomic E-state index is 0.0868. The molecule has 22 aromatic rings. The Bertz CT molecular complexity index is 7670. The first kappa shape index (κ1) is 75.7. The number of furan rings is 2. The summed E-state index contributed by atoms with van der Waals surface area (Å²) in [5, 5.41) is 4.65. The van der Waals surface area contributed by atoms with Gasteiger partial charge in [-0.2, -0.15) is 0 Å². The Balaban J connectivity index is 0.0000000904. The summed E-state index contributed by atoms with van der Waals surface area (Å²) in [5.74, 6) is 15.8. The molecule has 0 atom stereocenters. The monoisotopic (exact) mass is 1730 g/mol. The van der Waals surface area contributed by atoms with Crippen molar-refractivity contribution >= 4 is 157 Å². The molecule has 10 nitrogen and oxygen atoms in total. The second-order valence-corrected chi connectivity index (χ2v) is 36.3. The Morgan fingerprint density at radius 3 is 0.833 bits per heavy atom. The lowest BCUT2D eigenvalue weighted by atomic mass is 9.35. The molecule has 0 radical (unpaired) electrons. The van der Waals surface area contributed by atoms with Gasteiger partial charge in [-0.05, 0) is 246 Å². The maximum absolute atomic E-state index is 6.47. The normalized spacial score (nSPS) is 13.0. The number of para-hydroxylation sites is 9. The minimum atomic E-state index is 0.0868. The van der Waals surface area contributed by atoms with E-state index >= 15 is 0 Å². The highest BCUT2D eigenvalue weighted by Crippen LogP contribution is 2.47. The highest BCUT2D eigenvalue weighted by atomic mass is 32.1. The first-order valence-electron chi connectivity index (χ1n) is 44.4. The van der Waals surface area contributed by atoms with Gasteiger partial charge in [0.25, 0.3) is 26.9 Å². The van der Waals surface area contributed by atoms with E-state index in [1.54, 1.807) is 11.3 Å². The summed E-state index contributed by atoms with van der Waals surface area (Å²) in [6.45, 7) is 0.409. The van der Waals surface area contributed by atoms with Gasteiger partial charge in [0.1, 0.15) is 115 Å². The molecule has 0 aliphatic carbocycles. The van der Waals surface area contributed by atoms with Gasteiger partial charge in [-0.3, -0.25) is 0 Å². The molecule has 12 heterocycles. The van der Waals surface area contributed by atoms with Gasteiger partial charge in [0.15, 0.2) is 0 Å². The third-order valence-electron chi connectivity index (χ3n) is 26.4. The molecule has 0 amide bonds. The average Bonchev–Trinajstić information content (AvgIpc) is 1.26. The van der Waals surface area contributed by atoms with Crippen LogP contribution in [0.4, 0.5) is 0 Å². The largest absolute Gasteiger partial charge is 0.458 e. The summed E-state index contributed by atoms with van der Waals surface area (Å²) >= 11 is 3.63. The molecule has 0 spiro atoms. The zero-order valence-electron chi connectivity index (χ0n) is 70.5. The zero-order chi connectivity index (χ0) is 86.6. The number of thiophene rings is 2. The molecule has 616 valence electrons. The quantitative estimate of drug-likeness (QED) is 0.150. The Labute approximate surface area is 768 Å². The standard InChI is InChI=1S/C32H19BO3.C32H19BO2S.C26H15BO3.C26H15BO2S/c1-2-8-20(9-3-1)29-19-23-16-21(14-15-26(23)34-29)22-17-30-32-31(18-22)36-28-13-7-5-11-25(28)33(32)24-10-4-6-12-27(24)35-30;1-2-8-20(9-3-1)31-19-23-16-21(14-15-30(23)36-31)22-17-28-32-29(18-22)35-27-13-7-5-11-25(27)33(32)24-10-4-6-12-26(24)34-28;1-4-10-20-16(7-1)13-23(28-20)17-14-24-26-25(15-17)30-22-12-6-3-9-19(22)27(26)18-8-2-5-11-21(18)29-24;1-6-12-24-16(7-1)15-25(30-24)17-13-22-26-23(14-17)29-21-11-5-3-9-19(21)27(26)18-8-2-4-10-20(18)28-22/h2*1-19H;2*1-15H. The van der Waals surface area contributed by atoms with Crippen molar-refractivity contribution in [3.63, 3.8) is 0 Å². The Morgan fingerprint density at radius 2 is 0.439 bits per heavy atom. The Morgan fingerprint density at radius 1 is 0.159 bits per heavy atom. The van der Waals surface area contributed by atoms with Crippen LogP contribution in [0, 0.1) is 0 Å². The van der Waals surface area contributed by atoms with Gasteiger partial charge in [0.2, 0.25) is 0 Å². The van der Waals surface area contributed by atoms with Gasteiger partial charge in [-0.25, -0.2) is 0 Å². The fourth-order valence-corrected chi connectivity index (χ4v) is 22.5. The molecule has 18 aromatic carbocycles. The van der Waals surface area contributed by atoms with E-state index in [9.17, 15) is 0 Å². The summed E-state index contributed by atoms with van der Waals surface area (Å²) in [7, 11) is 0. The van der Waals surface area contributed by atoms with Crippen molar-refractivity contribution < 1.29 is 46.7 Å². The molecule has 8 aliphatic rings. The lowest BCUT2D eigenvalue weighted by Gasteiger charge is -2.33. The number of benzene rings is 18. The molecule has 0 saturated carbocycles. The van der Waals surface area contributed by atoms with Crippen LogP contribution in [0.25, 0.3) is 108 Å². The van der Waals surface area contributed by atoms with Crippen molar-refractivity contribution in [2.45, 2.75) is 0 Å². The van der Waals surface area contributed by atoms with Crippen LogP contribution < -0.4 is 103 Å². The number of hydrogen-bond donors (Lipinski definition) is 0. The lowest BCUT2D eigenvalue weighted by molar-refractivity contribution is 0.464. The summed E-state index contributed by atoms with van der Waals surface area (Å²) in [6.07, 6.45) is 0. The van der Waals surface area contributed by atoms with Crippen molar-refractivity contribution in [2.24, 2.45) is 0 Å². The molecular weight excluding hydrogens is 1660 g/mol. The van der Waals surface area contributed by atoms with Crippen LogP contribution in [0.3, 0.4) is 0 Å². The SMILES string of the molecule is c1ccc(-c2cc3cc(-c4cc5c6c(c4)Oc4ccccc4B6c4ccccc4O5)ccc3o2)cc1.c1ccc(-c2cc3cc(-c4cc5c6c(c4)Oc4ccccc4B6c4ccccc4O5)ccc3s2)cc1.c1ccc2c(c1)Oc1cc(-c3cc4ccccc4o3)cc3c1B2c1ccccc1O3.c1ccc2c(c1)Oc1cc(-c3cc4ccccc4s3)cc3c1B2c1ccccc1O3. The van der Waals surface area contributed by atoms with Crippen molar-refractivity contribution in [3.05, 3.63) is 413 Å². The van der Waals surface area contributed by atoms with Crippen LogP contribution in [0.1, 0.15) is 0 Å². The Hall–Kier alpha value is -16.4. The summed E-state index contributed by atoms with van der Waals surface area (Å²) in [6, 6.07) is 143. The molecule has 0 N–H and O–H groups in total. The van der Waals surface area contributed by atoms with Crippen molar-refractivity contribution in [2.75, 3.05) is 0 Å². The van der Waals surface area contributed by atoms with Crippen LogP contribution in [0.15, 0.2) is 421 Å². The molecule has 8 aliphatic heterocycles. The molecule has 0 fully saturated rings. The number of hydrogen-bond acceptors (Lipinski definition) is 12. The highest BCUT2D eigenvalue weighted by molar-refractivity contribution is 7.22. The smallest absolute Gasteiger partial charge is 0.260 e. The third-order valence-corrected chi connectivity index (χ3v) is 28.7. The van der Waals surface area contributed by atoms with E-state index in [2.05, 4.69) is 297 Å². The second kappa shape index (κ2) is 30.7. The molecule has 0 saturated heterocycles. The van der Waals surface area contributed by atoms with Gasteiger partial charge in [-0.15, -0.1) is 22.7 Å². The summed E-state index contributed by atoms with van der Waals surface area (Å²) < 4.78 is 66.2. The van der Waals surface area contributed by atoms with E-state index in [0.29, 0.717) is 0 Å². The van der Waals surface area contributed by atoms with Crippen LogP contribution in [0.5, 0.6) is 92.0 Å². The first-order valence-corrected chi connectivity index (χ1v) is 46.0. The molecule has 4 aromatic heterocycles. The molecule has 0 unspecified atom stereocenters. The van der Waals surface area contributed by atoms with Gasteiger partial charge in [0.05, 0.1) is 0 Å². The van der Waals surface area contributed by atoms with Gasteiger partial charge >= 0.3 is 0 Å². The van der Waals surface area contributed by atoms with E-state index < -0.39 is 0 Å². The number of rotatable bonds is 6. The zero-order valence-corrected chi connectivity index (χ0v) is 72.1. The van der Waals surface area contributed by atoms with E-state index in [1.165, 1.54) is 79.2 Å². The molecule has 16 heteroatoms. The summed E-state index contributed by atoms with van der Waals surface area (Å²) in [5.41, 5.74) is 24.3. The second-order valence-electron chi connectivity index (χ2n) is 34.2. The number of ether oxygens (including phenoxy) is 8. The molecule has 132 heavy (non-hydrogen) atoms. The molecule has 0 bridgehead atoms. The lowest BCUT2D eigenvalue weighted by Crippen LogP contribution is -2.57. The fourth-order valence-electron chi connectivity index (χ4n) is 20.4. The molecule has 30 rings (SSSR count). The average molecular weight is 1730 g/mol. The van der Waals surface area contributed by atoms with E-state index in [1.807, 2.05) is 127 Å². The van der Waals surface area contributed by atoms with Crippen molar-refractivity contribution in [3.8, 4) is 158 Å². The van der Waals surface area contributed by atoms with Gasteiger partial charge < -0.3 is 46.7 Å². The fraction of sp³-hybridized carbons (Fsp3) is 0. The summed E-state index contributed by atoms with van der Waals surface area (Å²) in [4.78, 5) is 2.50. The van der Waals surface area contributed by atoms with Gasteiger partial charge in [-0.1, -0.05) is 255 Å². The van der Waals surface area contributed by atoms with Crippen LogP contribution in [-0.2, 0) is 0 Å². The van der Waals surface area contributed by atoms with Crippen LogP contribution >= 0.6 is 22.7 Å². The van der Waals surface area contributed by atoms with E-state index in [4.69, 9.17) is 46.7 Å². The molecular formula is C116H68B4O10S2. The topological polar surface area (TPSA) is 100 Å². The predicted molar refractivity (Wildman–Crippen MR) is 539 cm³/mol. The number of fused-ring (bicyclic) bond motifs is 20. The maximum Gasteiger partial charge on any atom is 0.260 e. The predicted octanol–water partition coefficient (Wildman–Crippen LogP) is 23.6. The van der Waals surface area contributed by atoms with Gasteiger partial charge in [0, 0.05) is 62.9 Å². The Kier molecular flexibility index (Phi) is 17.6. The van der Waals surface area contributed by atoms with E-state index in [0.717, 1.165) is 186 Å². The highest BCUT2D eigenvalue weighted by Gasteiger charge is 2.45. The van der Waals surface area contributed by atoms with E-state index in [-0.39, 0.29) is 26.9 Å². The van der Waals surface area contributed by atoms with Crippen molar-refractivity contribution in [1.82, 2.24) is 0 Å². The van der Waals surface area contributed by atoms with Crippen LogP contribution in [-0.4, -0.2) is 26.9 Å². The van der Waals surface area contributed by atoms with Crippen LogP contribution in [0.2, 0.25) is 0 Å². The van der Waals surface area contributed by atoms with Crippen molar-refractivity contribution in [1.29, 1.82) is 0 Å². The third kappa shape index (κ3) is 12.8.